The molecule has 0 saturated carbocycles. The molecule has 3 fully saturated rings. The van der Waals surface area contributed by atoms with Gasteiger partial charge in [0.1, 0.15) is 29.6 Å². The molecule has 1 atom stereocenters. The molecule has 0 bridgehead atoms. The van der Waals surface area contributed by atoms with E-state index in [1.807, 2.05) is 24.8 Å². The van der Waals surface area contributed by atoms with Gasteiger partial charge in [0.15, 0.2) is 0 Å². The second kappa shape index (κ2) is 11.7. The van der Waals surface area contributed by atoms with E-state index in [-0.39, 0.29) is 41.7 Å². The van der Waals surface area contributed by atoms with Gasteiger partial charge in [-0.2, -0.15) is 9.97 Å². The summed E-state index contributed by atoms with van der Waals surface area (Å²) in [5.41, 5.74) is 2.42. The molecule has 3 saturated heterocycles. The molecule has 4 aliphatic rings. The van der Waals surface area contributed by atoms with Crippen molar-refractivity contribution in [2.24, 2.45) is 0 Å². The summed E-state index contributed by atoms with van der Waals surface area (Å²) in [6.45, 7) is 9.37. The summed E-state index contributed by atoms with van der Waals surface area (Å²) < 4.78 is 27.3. The third-order valence-electron chi connectivity index (χ3n) is 10.2. The normalized spacial score (nSPS) is 23.6. The van der Waals surface area contributed by atoms with Crippen LogP contribution in [0.2, 0.25) is 0 Å². The highest BCUT2D eigenvalue weighted by Gasteiger charge is 2.45. The number of benzene rings is 2. The Morgan fingerprint density at radius 2 is 1.96 bits per heavy atom. The van der Waals surface area contributed by atoms with Crippen molar-refractivity contribution in [2.75, 3.05) is 50.9 Å². The number of hydrogen-bond acceptors (Lipinski definition) is 9. The largest absolute Gasteiger partial charge is 0.508 e. The minimum absolute atomic E-state index is 0.0254. The van der Waals surface area contributed by atoms with Crippen molar-refractivity contribution in [3.63, 3.8) is 0 Å². The lowest BCUT2D eigenvalue weighted by Gasteiger charge is -2.34. The number of aliphatic hydroxyl groups is 1. The van der Waals surface area contributed by atoms with Crippen LogP contribution in [-0.2, 0) is 4.74 Å². The van der Waals surface area contributed by atoms with E-state index < -0.39 is 11.4 Å². The first-order valence-electron chi connectivity index (χ1n) is 16.3. The maximum absolute atomic E-state index is 15.1. The van der Waals surface area contributed by atoms with E-state index >= 15 is 4.39 Å². The number of aromatic hydroxyl groups is 1. The van der Waals surface area contributed by atoms with Crippen LogP contribution in [0.5, 0.6) is 11.8 Å². The first-order chi connectivity index (χ1) is 22.6. The first-order valence-corrected chi connectivity index (χ1v) is 16.3. The van der Waals surface area contributed by atoms with Gasteiger partial charge in [-0.15, -0.1) is 6.42 Å². The zero-order chi connectivity index (χ0) is 33.1. The molecule has 2 aromatic carbocycles. The van der Waals surface area contributed by atoms with Gasteiger partial charge in [-0.25, -0.2) is 4.39 Å². The summed E-state index contributed by atoms with van der Waals surface area (Å²) in [4.78, 5) is 14.5. The van der Waals surface area contributed by atoms with Crippen molar-refractivity contribution >= 4 is 39.0 Å². The number of rotatable bonds is 5. The number of phenolic OH excluding ortho intramolecular Hbond substituents is 1. The van der Waals surface area contributed by atoms with E-state index in [0.717, 1.165) is 38.8 Å². The number of β-amino-alcohol motifs (C(OH)–C–C–N with tert-alkyl or cyclic N) is 1. The number of terminal acetylenes is 1. The Hall–Kier alpha value is -4.30. The number of phenols is 1. The molecule has 0 spiro atoms. The number of hydrogen-bond donors (Lipinski definition) is 3. The Morgan fingerprint density at radius 1 is 1.19 bits per heavy atom. The summed E-state index contributed by atoms with van der Waals surface area (Å²) in [6.07, 6.45) is 12.1. The molecule has 3 aliphatic heterocycles. The zero-order valence-electron chi connectivity index (χ0n) is 27.1. The number of ether oxygens (including phenoxy) is 2. The van der Waals surface area contributed by atoms with Gasteiger partial charge in [0.2, 0.25) is 0 Å². The number of nitrogens with one attached hydrogen (secondary N) is 1. The average molecular weight is 638 g/mol. The Morgan fingerprint density at radius 3 is 2.68 bits per heavy atom. The summed E-state index contributed by atoms with van der Waals surface area (Å²) in [6, 6.07) is 6.16. The van der Waals surface area contributed by atoms with Crippen LogP contribution in [0.3, 0.4) is 0 Å². The Labute approximate surface area is 274 Å². The molecule has 3 N–H and O–H groups in total. The maximum atomic E-state index is 15.1. The molecule has 7 rings (SSSR count). The summed E-state index contributed by atoms with van der Waals surface area (Å²) in [7, 11) is 0. The molecule has 47 heavy (non-hydrogen) atoms. The van der Waals surface area contributed by atoms with Crippen LogP contribution in [-0.4, -0.2) is 87.9 Å². The van der Waals surface area contributed by atoms with Gasteiger partial charge in [-0.05, 0) is 94.3 Å². The highest BCUT2D eigenvalue weighted by atomic mass is 19.1. The Kier molecular flexibility index (Phi) is 7.82. The van der Waals surface area contributed by atoms with Gasteiger partial charge in [0, 0.05) is 23.1 Å². The molecule has 0 radical (unpaired) electrons. The van der Waals surface area contributed by atoms with Crippen molar-refractivity contribution in [1.29, 1.82) is 5.41 Å². The van der Waals surface area contributed by atoms with Crippen LogP contribution >= 0.6 is 0 Å². The smallest absolute Gasteiger partial charge is 0.319 e. The quantitative estimate of drug-likeness (QED) is 0.318. The van der Waals surface area contributed by atoms with Crippen LogP contribution in [0.15, 0.2) is 30.3 Å². The minimum atomic E-state index is -1.13. The molecule has 9 nitrogen and oxygen atoms in total. The molecule has 1 unspecified atom stereocenters. The number of fused-ring (bicyclic) bond motifs is 3. The lowest BCUT2D eigenvalue weighted by molar-refractivity contribution is -0.0123. The Balaban J connectivity index is 1.45. The van der Waals surface area contributed by atoms with Crippen molar-refractivity contribution in [3.05, 3.63) is 58.5 Å². The highest BCUT2D eigenvalue weighted by Crippen LogP contribution is 2.47. The Bertz CT molecular complexity index is 1900. The fraction of sp³-hybridized carbons (Fsp3) is 0.432. The third-order valence-corrected chi connectivity index (χ3v) is 10.2. The fourth-order valence-corrected chi connectivity index (χ4v) is 8.04. The topological polar surface area (TPSA) is 115 Å². The van der Waals surface area contributed by atoms with E-state index in [0.29, 0.717) is 69.9 Å². The van der Waals surface area contributed by atoms with E-state index in [4.69, 9.17) is 25.9 Å². The van der Waals surface area contributed by atoms with Crippen molar-refractivity contribution in [2.45, 2.75) is 57.6 Å². The van der Waals surface area contributed by atoms with Crippen LogP contribution < -0.4 is 9.64 Å². The number of nitrogens with zero attached hydrogens (tertiary/aromatic N) is 4. The molecule has 1 aromatic heterocycles. The average Bonchev–Trinajstić information content (AvgIpc) is 3.57. The fourth-order valence-electron chi connectivity index (χ4n) is 8.04. The van der Waals surface area contributed by atoms with Gasteiger partial charge in [0.25, 0.3) is 0 Å². The van der Waals surface area contributed by atoms with Crippen molar-refractivity contribution < 1.29 is 24.1 Å². The number of halogens is 1. The highest BCUT2D eigenvalue weighted by molar-refractivity contribution is 6.50. The van der Waals surface area contributed by atoms with E-state index in [2.05, 4.69) is 10.8 Å². The summed E-state index contributed by atoms with van der Waals surface area (Å²) >= 11 is 0. The minimum Gasteiger partial charge on any atom is -0.508 e. The number of anilines is 1. The molecular formula is C37H40FN5O4. The monoisotopic (exact) mass is 637 g/mol. The molecule has 244 valence electrons. The zero-order valence-corrected chi connectivity index (χ0v) is 27.1. The van der Waals surface area contributed by atoms with Crippen molar-refractivity contribution in [3.8, 4) is 24.1 Å². The molecule has 4 heterocycles. The van der Waals surface area contributed by atoms with E-state index in [9.17, 15) is 15.6 Å². The predicted molar refractivity (Wildman–Crippen MR) is 181 cm³/mol. The second-order valence-corrected chi connectivity index (χ2v) is 13.5. The predicted octanol–water partition coefficient (Wildman–Crippen LogP) is 5.42. The molecule has 1 aliphatic carbocycles. The lowest BCUT2D eigenvalue weighted by atomic mass is 9.79. The van der Waals surface area contributed by atoms with Gasteiger partial charge in [-0.1, -0.05) is 18.1 Å². The van der Waals surface area contributed by atoms with Crippen LogP contribution in [0.1, 0.15) is 68.8 Å². The van der Waals surface area contributed by atoms with E-state index in [1.54, 1.807) is 19.1 Å². The van der Waals surface area contributed by atoms with Gasteiger partial charge >= 0.3 is 6.01 Å². The number of allylic oxidation sites excluding steroid dienone is 4. The molecule has 3 aromatic rings. The molecule has 0 amide bonds. The SMILES string of the molecule is C#Cc1c(F)ccc2cc(O)cc(C3=C(C)c4nc(OCC56CCCN5CCC6)nc(N5CCOCC(C)(O)C5)c4/C(=C/C)C3=N)c12. The molecular weight excluding hydrogens is 597 g/mol. The van der Waals surface area contributed by atoms with Crippen LogP contribution in [0.4, 0.5) is 10.2 Å². The molecule has 10 heteroatoms. The maximum Gasteiger partial charge on any atom is 0.319 e. The summed E-state index contributed by atoms with van der Waals surface area (Å²) in [5.74, 6) is 2.46. The first kappa shape index (κ1) is 31.3. The van der Waals surface area contributed by atoms with Gasteiger partial charge in [-0.3, -0.25) is 10.3 Å². The van der Waals surface area contributed by atoms with Crippen LogP contribution in [0.25, 0.3) is 27.5 Å². The van der Waals surface area contributed by atoms with Crippen LogP contribution in [0, 0.1) is 23.6 Å². The summed E-state index contributed by atoms with van der Waals surface area (Å²) in [5, 5.41) is 32.5. The van der Waals surface area contributed by atoms with Gasteiger partial charge in [0.05, 0.1) is 47.8 Å². The standard InChI is InChI=1S/C37H40FN5O4/c1-5-25-28(38)10-9-23-17-24(44)18-27(30(23)25)29-22(3)33-31(26(6-2)32(29)39)34(42-15-16-46-20-36(4,45)19-42)41-35(40-33)47-21-37-11-7-13-43(37)14-8-12-37/h1,6,9-10,17-18,39,44-45H,7-8,11-16,19-21H2,2-4H3/b26-6-,39-32?. The van der Waals surface area contributed by atoms with E-state index in [1.165, 1.54) is 12.1 Å². The number of aromatic nitrogens is 2. The third kappa shape index (κ3) is 5.27. The van der Waals surface area contributed by atoms with Crippen molar-refractivity contribution in [1.82, 2.24) is 14.9 Å². The lowest BCUT2D eigenvalue weighted by Crippen LogP contribution is -2.44. The van der Waals surface area contributed by atoms with Gasteiger partial charge < -0.3 is 24.6 Å². The second-order valence-electron chi connectivity index (χ2n) is 13.5.